The predicted octanol–water partition coefficient (Wildman–Crippen LogP) is 3.86. The summed E-state index contributed by atoms with van der Waals surface area (Å²) in [6.45, 7) is 2.35. The third kappa shape index (κ3) is 4.33. The van der Waals surface area contributed by atoms with Crippen molar-refractivity contribution in [1.82, 2.24) is 9.47 Å². The number of para-hydroxylation sites is 1. The zero-order valence-corrected chi connectivity index (χ0v) is 20.2. The van der Waals surface area contributed by atoms with E-state index < -0.39 is 5.97 Å². The molecule has 1 saturated heterocycles. The summed E-state index contributed by atoms with van der Waals surface area (Å²) in [5.74, 6) is -0.648. The second-order valence-electron chi connectivity index (χ2n) is 8.37. The van der Waals surface area contributed by atoms with Crippen LogP contribution in [0.5, 0.6) is 0 Å². The standard InChI is InChI=1S/C27H25N3O4S/c1-34-27(33)23-24(28-13-15-29(16-14-28)25(31)22-12-7-17-35-22)20-10-5-6-11-21(20)30(26(23)32)18-19-8-3-2-4-9-19/h2-12,17H,13-16,18H2,1H3. The van der Waals surface area contributed by atoms with Crippen LogP contribution in [0.15, 0.2) is 76.9 Å². The van der Waals surface area contributed by atoms with Gasteiger partial charge < -0.3 is 19.1 Å². The van der Waals surface area contributed by atoms with Gasteiger partial charge in [0.1, 0.15) is 5.56 Å². The number of fused-ring (bicyclic) bond motifs is 1. The Balaban J connectivity index is 1.57. The molecule has 8 heteroatoms. The molecular formula is C27H25N3O4S. The maximum atomic E-state index is 13.8. The van der Waals surface area contributed by atoms with E-state index in [2.05, 4.69) is 0 Å². The lowest BCUT2D eigenvalue weighted by molar-refractivity contribution is 0.0597. The Morgan fingerprint density at radius 3 is 2.31 bits per heavy atom. The number of hydrogen-bond acceptors (Lipinski definition) is 6. The number of hydrogen-bond donors (Lipinski definition) is 0. The molecule has 35 heavy (non-hydrogen) atoms. The minimum Gasteiger partial charge on any atom is -0.465 e. The molecule has 0 aliphatic carbocycles. The fourth-order valence-electron chi connectivity index (χ4n) is 4.62. The number of piperazine rings is 1. The molecule has 2 aromatic heterocycles. The van der Waals surface area contributed by atoms with Crippen LogP contribution in [0.3, 0.4) is 0 Å². The lowest BCUT2D eigenvalue weighted by atomic mass is 10.1. The maximum Gasteiger partial charge on any atom is 0.345 e. The number of carbonyl (C=O) groups is 2. The predicted molar refractivity (Wildman–Crippen MR) is 138 cm³/mol. The van der Waals surface area contributed by atoms with Gasteiger partial charge in [-0.05, 0) is 23.1 Å². The Morgan fingerprint density at radius 2 is 1.63 bits per heavy atom. The largest absolute Gasteiger partial charge is 0.465 e. The number of methoxy groups -OCH3 is 1. The van der Waals surface area contributed by atoms with E-state index in [1.165, 1.54) is 18.4 Å². The van der Waals surface area contributed by atoms with E-state index >= 15 is 0 Å². The Morgan fingerprint density at radius 1 is 0.914 bits per heavy atom. The van der Waals surface area contributed by atoms with Crippen molar-refractivity contribution in [3.05, 3.63) is 98.5 Å². The normalized spacial score (nSPS) is 13.7. The number of anilines is 1. The molecule has 1 fully saturated rings. The summed E-state index contributed by atoms with van der Waals surface area (Å²) in [5, 5.41) is 2.70. The molecule has 3 heterocycles. The fraction of sp³-hybridized carbons (Fsp3) is 0.222. The number of benzene rings is 2. The molecule has 4 aromatic rings. The number of aromatic nitrogens is 1. The highest BCUT2D eigenvalue weighted by Gasteiger charge is 2.30. The van der Waals surface area contributed by atoms with E-state index in [0.717, 1.165) is 16.5 Å². The molecule has 0 spiro atoms. The topological polar surface area (TPSA) is 71.8 Å². The summed E-state index contributed by atoms with van der Waals surface area (Å²) in [6, 6.07) is 21.0. The van der Waals surface area contributed by atoms with Gasteiger partial charge in [-0.3, -0.25) is 9.59 Å². The van der Waals surface area contributed by atoms with Gasteiger partial charge in [0.05, 0.1) is 29.7 Å². The number of pyridine rings is 1. The first kappa shape index (κ1) is 22.9. The Hall–Kier alpha value is -3.91. The number of carbonyl (C=O) groups excluding carboxylic acids is 2. The Labute approximate surface area is 206 Å². The first-order valence-electron chi connectivity index (χ1n) is 11.4. The molecule has 0 unspecified atom stereocenters. The van der Waals surface area contributed by atoms with Crippen LogP contribution in [0, 0.1) is 0 Å². The zero-order chi connectivity index (χ0) is 24.4. The van der Waals surface area contributed by atoms with Crippen LogP contribution in [-0.2, 0) is 11.3 Å². The average molecular weight is 488 g/mol. The molecule has 0 N–H and O–H groups in total. The molecule has 1 amide bonds. The summed E-state index contributed by atoms with van der Waals surface area (Å²) in [5.41, 5.74) is 1.93. The van der Waals surface area contributed by atoms with Gasteiger partial charge in [-0.1, -0.05) is 54.6 Å². The van der Waals surface area contributed by atoms with Gasteiger partial charge in [-0.15, -0.1) is 11.3 Å². The third-order valence-corrected chi connectivity index (χ3v) is 7.19. The minimum absolute atomic E-state index is 0.0102. The zero-order valence-electron chi connectivity index (χ0n) is 19.3. The fourth-order valence-corrected chi connectivity index (χ4v) is 5.31. The van der Waals surface area contributed by atoms with Crippen molar-refractivity contribution in [3.8, 4) is 0 Å². The van der Waals surface area contributed by atoms with Crippen LogP contribution in [0.1, 0.15) is 25.6 Å². The van der Waals surface area contributed by atoms with Crippen LogP contribution in [0.25, 0.3) is 10.9 Å². The lowest BCUT2D eigenvalue weighted by Gasteiger charge is -2.37. The van der Waals surface area contributed by atoms with E-state index in [-0.39, 0.29) is 17.0 Å². The molecule has 0 saturated carbocycles. The molecule has 1 aliphatic heterocycles. The minimum atomic E-state index is -0.658. The van der Waals surface area contributed by atoms with Crippen LogP contribution in [0.4, 0.5) is 5.69 Å². The smallest absolute Gasteiger partial charge is 0.345 e. The van der Waals surface area contributed by atoms with Crippen LogP contribution < -0.4 is 10.5 Å². The summed E-state index contributed by atoms with van der Waals surface area (Å²) in [6.07, 6.45) is 0. The third-order valence-electron chi connectivity index (χ3n) is 6.33. The number of thiophene rings is 1. The van der Waals surface area contributed by atoms with Crippen LogP contribution in [-0.4, -0.2) is 54.6 Å². The number of esters is 1. The van der Waals surface area contributed by atoms with Crippen molar-refractivity contribution in [1.29, 1.82) is 0 Å². The van der Waals surface area contributed by atoms with Crippen molar-refractivity contribution < 1.29 is 14.3 Å². The van der Waals surface area contributed by atoms with Crippen LogP contribution >= 0.6 is 11.3 Å². The van der Waals surface area contributed by atoms with Gasteiger partial charge in [-0.25, -0.2) is 4.79 Å². The molecule has 5 rings (SSSR count). The van der Waals surface area contributed by atoms with E-state index in [0.29, 0.717) is 43.3 Å². The molecule has 1 aliphatic rings. The summed E-state index contributed by atoms with van der Waals surface area (Å²) >= 11 is 1.43. The van der Waals surface area contributed by atoms with Crippen molar-refractivity contribution in [3.63, 3.8) is 0 Å². The number of nitrogens with zero attached hydrogens (tertiary/aromatic N) is 3. The first-order valence-corrected chi connectivity index (χ1v) is 12.3. The lowest BCUT2D eigenvalue weighted by Crippen LogP contribution is -2.49. The maximum absolute atomic E-state index is 13.8. The SMILES string of the molecule is COC(=O)c1c(N2CCN(C(=O)c3cccs3)CC2)c2ccccc2n(Cc2ccccc2)c1=O. The number of rotatable bonds is 5. The quantitative estimate of drug-likeness (QED) is 0.400. The van der Waals surface area contributed by atoms with Crippen molar-refractivity contribution >= 4 is 39.8 Å². The van der Waals surface area contributed by atoms with E-state index in [1.54, 1.807) is 4.57 Å². The van der Waals surface area contributed by atoms with E-state index in [1.807, 2.05) is 81.9 Å². The van der Waals surface area contributed by atoms with Crippen molar-refractivity contribution in [2.75, 3.05) is 38.2 Å². The van der Waals surface area contributed by atoms with Gasteiger partial charge >= 0.3 is 5.97 Å². The number of ether oxygens (including phenoxy) is 1. The van der Waals surface area contributed by atoms with Crippen molar-refractivity contribution in [2.24, 2.45) is 0 Å². The molecule has 0 atom stereocenters. The van der Waals surface area contributed by atoms with Crippen LogP contribution in [0.2, 0.25) is 0 Å². The summed E-state index contributed by atoms with van der Waals surface area (Å²) < 4.78 is 6.70. The Bertz CT molecular complexity index is 1420. The van der Waals surface area contributed by atoms with E-state index in [9.17, 15) is 14.4 Å². The number of amides is 1. The highest BCUT2D eigenvalue weighted by Crippen LogP contribution is 2.31. The first-order chi connectivity index (χ1) is 17.1. The second-order valence-corrected chi connectivity index (χ2v) is 9.31. The second kappa shape index (κ2) is 9.76. The molecule has 2 aromatic carbocycles. The Kier molecular flexibility index (Phi) is 6.37. The monoisotopic (exact) mass is 487 g/mol. The summed E-state index contributed by atoms with van der Waals surface area (Å²) in [7, 11) is 1.29. The molecule has 7 nitrogen and oxygen atoms in total. The van der Waals surface area contributed by atoms with Gasteiger partial charge in [0.2, 0.25) is 0 Å². The highest BCUT2D eigenvalue weighted by atomic mass is 32.1. The van der Waals surface area contributed by atoms with E-state index in [4.69, 9.17) is 4.74 Å². The average Bonchev–Trinajstić information content (AvgIpc) is 3.45. The van der Waals surface area contributed by atoms with Gasteiger partial charge in [-0.2, -0.15) is 0 Å². The highest BCUT2D eigenvalue weighted by molar-refractivity contribution is 7.12. The molecule has 0 bridgehead atoms. The van der Waals surface area contributed by atoms with Crippen molar-refractivity contribution in [2.45, 2.75) is 6.54 Å². The molecular weight excluding hydrogens is 462 g/mol. The molecule has 0 radical (unpaired) electrons. The summed E-state index contributed by atoms with van der Waals surface area (Å²) in [4.78, 5) is 44.1. The van der Waals surface area contributed by atoms with Gasteiger partial charge in [0.25, 0.3) is 11.5 Å². The van der Waals surface area contributed by atoms with Gasteiger partial charge in [0.15, 0.2) is 0 Å². The van der Waals surface area contributed by atoms with Gasteiger partial charge in [0, 0.05) is 31.6 Å². The molecule has 178 valence electrons.